The summed E-state index contributed by atoms with van der Waals surface area (Å²) in [7, 11) is 0. The number of fused-ring (bicyclic) bond motifs is 3. The van der Waals surface area contributed by atoms with E-state index in [9.17, 15) is 0 Å². The van der Waals surface area contributed by atoms with E-state index in [1.807, 2.05) is 0 Å². The van der Waals surface area contributed by atoms with Gasteiger partial charge in [-0.05, 0) is 0 Å². The van der Waals surface area contributed by atoms with Crippen molar-refractivity contribution in [2.24, 2.45) is 0 Å². The summed E-state index contributed by atoms with van der Waals surface area (Å²) in [6.07, 6.45) is 2.38. The van der Waals surface area contributed by atoms with Crippen molar-refractivity contribution < 1.29 is 71.2 Å². The predicted molar refractivity (Wildman–Crippen MR) is 104 cm³/mol. The SMILES string of the molecule is CC[C]1([Zr+2][c]2cccc3c2Cc2ccccc2-3)C(C)=C(C)C(C)=C1C.[I-].[I-]. The van der Waals surface area contributed by atoms with Crippen LogP contribution < -0.4 is 51.2 Å². The Morgan fingerprint density at radius 2 is 1.41 bits per heavy atom. The van der Waals surface area contributed by atoms with Crippen molar-refractivity contribution in [3.8, 4) is 11.1 Å². The molecule has 2 aromatic carbocycles. The van der Waals surface area contributed by atoms with Gasteiger partial charge in [-0.25, -0.2) is 0 Å². The van der Waals surface area contributed by atoms with Crippen molar-refractivity contribution in [2.45, 2.75) is 50.6 Å². The molecule has 0 atom stereocenters. The molecule has 0 heterocycles. The Balaban J connectivity index is 0.00000131. The van der Waals surface area contributed by atoms with Crippen LogP contribution in [-0.4, -0.2) is 0 Å². The Morgan fingerprint density at radius 1 is 0.815 bits per heavy atom. The molecule has 0 saturated carbocycles. The number of benzene rings is 2. The maximum atomic E-state index is 2.44. The molecule has 3 heteroatoms. The number of rotatable bonds is 3. The van der Waals surface area contributed by atoms with Crippen LogP contribution >= 0.6 is 0 Å². The molecule has 0 saturated heterocycles. The number of hydrogen-bond acceptors (Lipinski definition) is 0. The van der Waals surface area contributed by atoms with Gasteiger partial charge < -0.3 is 48.0 Å². The van der Waals surface area contributed by atoms with Gasteiger partial charge in [-0.2, -0.15) is 0 Å². The average Bonchev–Trinajstić information content (AvgIpc) is 3.09. The minimum atomic E-state index is -0.807. The molecule has 0 aliphatic heterocycles. The van der Waals surface area contributed by atoms with E-state index in [4.69, 9.17) is 0 Å². The summed E-state index contributed by atoms with van der Waals surface area (Å²) in [5.41, 5.74) is 12.5. The van der Waals surface area contributed by atoms with Gasteiger partial charge in [0.2, 0.25) is 0 Å². The van der Waals surface area contributed by atoms with Crippen molar-refractivity contribution >= 4 is 3.27 Å². The van der Waals surface area contributed by atoms with Crippen molar-refractivity contribution in [1.82, 2.24) is 0 Å². The normalized spacial score (nSPS) is 16.3. The minimum absolute atomic E-state index is 0. The molecule has 0 bridgehead atoms. The minimum Gasteiger partial charge on any atom is -1.00 e. The summed E-state index contributed by atoms with van der Waals surface area (Å²) in [6.45, 7) is 11.9. The van der Waals surface area contributed by atoms with Crippen molar-refractivity contribution in [3.05, 3.63) is 75.9 Å². The number of allylic oxidation sites excluding steroid dienone is 4. The maximum Gasteiger partial charge on any atom is -1.00 e. The fourth-order valence-electron chi connectivity index (χ4n) is 4.79. The summed E-state index contributed by atoms with van der Waals surface area (Å²) in [5.74, 6) is 0. The van der Waals surface area contributed by atoms with Crippen LogP contribution in [-0.2, 0) is 29.7 Å². The third kappa shape index (κ3) is 3.63. The van der Waals surface area contributed by atoms with E-state index >= 15 is 0 Å². The van der Waals surface area contributed by atoms with E-state index < -0.39 is 23.2 Å². The van der Waals surface area contributed by atoms with Crippen LogP contribution in [0, 0.1) is 0 Å². The van der Waals surface area contributed by atoms with Gasteiger partial charge >= 0.3 is 164 Å². The van der Waals surface area contributed by atoms with E-state index in [1.54, 1.807) is 31.1 Å². The van der Waals surface area contributed by atoms with Gasteiger partial charge in [0.1, 0.15) is 0 Å². The molecule has 0 radical (unpaired) electrons. The molecule has 0 spiro atoms. The van der Waals surface area contributed by atoms with E-state index in [1.165, 1.54) is 23.1 Å². The predicted octanol–water partition coefficient (Wildman–Crippen LogP) is 0.229. The van der Waals surface area contributed by atoms with Crippen LogP contribution in [0.5, 0.6) is 0 Å². The van der Waals surface area contributed by atoms with Gasteiger partial charge in [0.25, 0.3) is 0 Å². The molecular formula is C24H26I2Zr. The molecule has 0 fully saturated rings. The van der Waals surface area contributed by atoms with E-state index in [0.29, 0.717) is 3.12 Å². The third-order valence-electron chi connectivity index (χ3n) is 6.70. The Hall–Kier alpha value is 0.263. The summed E-state index contributed by atoms with van der Waals surface area (Å²) in [6, 6.07) is 16.0. The Labute approximate surface area is 209 Å². The molecular weight excluding hydrogens is 633 g/mol. The standard InChI is InChI=1S/C13H9.C11H17.2HI.Zr/c1-3-7-12-10(5-1)9-11-6-2-4-8-13(11)12;1-6-11-9(4)7(2)8(3)10(11)5;;;/h1-5,7-8H,9H2;6H2,1-5H3;2*1H;/q;;;;+2/p-2. The van der Waals surface area contributed by atoms with Crippen LogP contribution in [0.1, 0.15) is 52.2 Å². The van der Waals surface area contributed by atoms with Crippen LogP contribution in [0.2, 0.25) is 3.12 Å². The summed E-state index contributed by atoms with van der Waals surface area (Å²) < 4.78 is 2.09. The molecule has 0 nitrogen and oxygen atoms in total. The molecule has 2 aliphatic rings. The first-order chi connectivity index (χ1) is 12.0. The molecule has 2 aromatic rings. The van der Waals surface area contributed by atoms with Crippen LogP contribution in [0.15, 0.2) is 64.8 Å². The van der Waals surface area contributed by atoms with Crippen LogP contribution in [0.3, 0.4) is 0 Å². The molecule has 0 amide bonds. The van der Waals surface area contributed by atoms with Crippen LogP contribution in [0.25, 0.3) is 11.1 Å². The van der Waals surface area contributed by atoms with Crippen molar-refractivity contribution in [3.63, 3.8) is 0 Å². The Morgan fingerprint density at radius 3 is 2.04 bits per heavy atom. The largest absolute Gasteiger partial charge is 1.00 e. The molecule has 0 N–H and O–H groups in total. The first-order valence-electron chi connectivity index (χ1n) is 9.34. The van der Waals surface area contributed by atoms with Gasteiger partial charge in [-0.3, -0.25) is 0 Å². The van der Waals surface area contributed by atoms with E-state index in [2.05, 4.69) is 77.1 Å². The molecule has 27 heavy (non-hydrogen) atoms. The summed E-state index contributed by atoms with van der Waals surface area (Å²) >= 11 is -0.807. The van der Waals surface area contributed by atoms with E-state index in [-0.39, 0.29) is 48.0 Å². The first-order valence-corrected chi connectivity index (χ1v) is 11.8. The molecule has 0 unspecified atom stereocenters. The quantitative estimate of drug-likeness (QED) is 0.354. The average molecular weight is 660 g/mol. The second-order valence-electron chi connectivity index (χ2n) is 7.55. The third-order valence-corrected chi connectivity index (χ3v) is 12.3. The zero-order valence-corrected chi connectivity index (χ0v) is 23.5. The van der Waals surface area contributed by atoms with Gasteiger partial charge in [0, 0.05) is 0 Å². The Bertz CT molecular complexity index is 913. The topological polar surface area (TPSA) is 0 Å². The van der Waals surface area contributed by atoms with Gasteiger partial charge in [0.15, 0.2) is 0 Å². The maximum absolute atomic E-state index is 2.44. The summed E-state index contributed by atoms with van der Waals surface area (Å²) in [5, 5.41) is 0. The van der Waals surface area contributed by atoms with Crippen molar-refractivity contribution in [2.75, 3.05) is 0 Å². The zero-order chi connectivity index (χ0) is 17.8. The monoisotopic (exact) mass is 658 g/mol. The fourth-order valence-corrected chi connectivity index (χ4v) is 9.56. The first kappa shape index (κ1) is 23.5. The smallest absolute Gasteiger partial charge is 1.00 e. The van der Waals surface area contributed by atoms with Gasteiger partial charge in [0.05, 0.1) is 0 Å². The fraction of sp³-hybridized carbons (Fsp3) is 0.333. The Kier molecular flexibility index (Phi) is 7.81. The van der Waals surface area contributed by atoms with Crippen molar-refractivity contribution in [1.29, 1.82) is 0 Å². The molecule has 0 aromatic heterocycles. The number of hydrogen-bond donors (Lipinski definition) is 0. The van der Waals surface area contributed by atoms with Gasteiger partial charge in [-0.15, -0.1) is 0 Å². The summed E-state index contributed by atoms with van der Waals surface area (Å²) in [4.78, 5) is 0. The molecule has 2 aliphatic carbocycles. The second-order valence-corrected chi connectivity index (χ2v) is 11.6. The van der Waals surface area contributed by atoms with E-state index in [0.717, 1.165) is 6.42 Å². The molecule has 140 valence electrons. The second kappa shape index (κ2) is 8.96. The van der Waals surface area contributed by atoms with Gasteiger partial charge in [-0.1, -0.05) is 0 Å². The molecule has 4 rings (SSSR count). The zero-order valence-electron chi connectivity index (χ0n) is 16.7. The number of halogens is 2. The van der Waals surface area contributed by atoms with Crippen LogP contribution in [0.4, 0.5) is 0 Å².